The van der Waals surface area contributed by atoms with Crippen LogP contribution in [0, 0.1) is 0 Å². The van der Waals surface area contributed by atoms with Crippen LogP contribution in [-0.2, 0) is 4.79 Å². The number of carboxylic acid groups (broad SMARTS) is 1. The van der Waals surface area contributed by atoms with Gasteiger partial charge in [0.15, 0.2) is 0 Å². The second kappa shape index (κ2) is 5.64. The maximum absolute atomic E-state index is 10.9. The molecule has 1 heterocycles. The molecule has 0 aromatic rings. The number of rotatable bonds is 5. The number of nitrogens with one attached hydrogen (secondary N) is 1. The van der Waals surface area contributed by atoms with Crippen molar-refractivity contribution in [1.82, 2.24) is 10.2 Å². The molecule has 94 valence electrons. The quantitative estimate of drug-likeness (QED) is 0.745. The fourth-order valence-corrected chi connectivity index (χ4v) is 1.97. The van der Waals surface area contributed by atoms with Gasteiger partial charge < -0.3 is 10.4 Å². The molecule has 4 heteroatoms. The predicted molar refractivity (Wildman–Crippen MR) is 64.6 cm³/mol. The largest absolute Gasteiger partial charge is 0.480 e. The van der Waals surface area contributed by atoms with Crippen LogP contribution in [-0.4, -0.2) is 47.2 Å². The third kappa shape index (κ3) is 3.76. The van der Waals surface area contributed by atoms with E-state index in [0.29, 0.717) is 6.04 Å². The Labute approximate surface area is 98.0 Å². The van der Waals surface area contributed by atoms with E-state index in [-0.39, 0.29) is 0 Å². The van der Waals surface area contributed by atoms with Crippen LogP contribution in [0.5, 0.6) is 0 Å². The van der Waals surface area contributed by atoms with Gasteiger partial charge in [-0.05, 0) is 46.7 Å². The first-order valence-electron chi connectivity index (χ1n) is 6.16. The molecule has 0 aliphatic carbocycles. The average Bonchev–Trinajstić information content (AvgIpc) is 2.27. The Morgan fingerprint density at radius 2 is 1.94 bits per heavy atom. The number of likely N-dealkylation sites (tertiary alicyclic amines) is 1. The maximum Gasteiger partial charge on any atom is 0.323 e. The third-order valence-electron chi connectivity index (χ3n) is 3.39. The zero-order chi connectivity index (χ0) is 12.2. The molecular weight excluding hydrogens is 204 g/mol. The van der Waals surface area contributed by atoms with Crippen LogP contribution in [0.4, 0.5) is 0 Å². The van der Waals surface area contributed by atoms with Crippen molar-refractivity contribution in [3.63, 3.8) is 0 Å². The summed E-state index contributed by atoms with van der Waals surface area (Å²) in [7, 11) is 0. The van der Waals surface area contributed by atoms with E-state index in [1.807, 2.05) is 0 Å². The van der Waals surface area contributed by atoms with Crippen LogP contribution < -0.4 is 5.32 Å². The molecule has 1 rings (SSSR count). The monoisotopic (exact) mass is 228 g/mol. The molecule has 1 aliphatic rings. The summed E-state index contributed by atoms with van der Waals surface area (Å²) in [5, 5.41) is 12.1. The molecule has 1 saturated heterocycles. The van der Waals surface area contributed by atoms with Crippen molar-refractivity contribution in [2.45, 2.75) is 51.6 Å². The van der Waals surface area contributed by atoms with Crippen molar-refractivity contribution < 1.29 is 9.90 Å². The van der Waals surface area contributed by atoms with Gasteiger partial charge in [-0.1, -0.05) is 6.42 Å². The standard InChI is InChI=1S/C12H24N2O2/c1-10(14-7-5-4-6-8-14)9-13-12(2,3)11(15)16/h10,13H,4-9H2,1-3H3,(H,15,16). The molecule has 0 saturated carbocycles. The molecule has 0 aromatic heterocycles. The van der Waals surface area contributed by atoms with Gasteiger partial charge in [0, 0.05) is 12.6 Å². The van der Waals surface area contributed by atoms with Crippen LogP contribution >= 0.6 is 0 Å². The summed E-state index contributed by atoms with van der Waals surface area (Å²) in [6.45, 7) is 8.61. The summed E-state index contributed by atoms with van der Waals surface area (Å²) in [6, 6.07) is 0.416. The molecule has 0 amide bonds. The van der Waals surface area contributed by atoms with Gasteiger partial charge in [-0.3, -0.25) is 9.69 Å². The number of hydrogen-bond donors (Lipinski definition) is 2. The number of hydrogen-bond acceptors (Lipinski definition) is 3. The Morgan fingerprint density at radius 1 is 1.38 bits per heavy atom. The summed E-state index contributed by atoms with van der Waals surface area (Å²) in [6.07, 6.45) is 3.87. The fourth-order valence-electron chi connectivity index (χ4n) is 1.97. The lowest BCUT2D eigenvalue weighted by molar-refractivity contribution is -0.143. The summed E-state index contributed by atoms with van der Waals surface area (Å²) in [4.78, 5) is 13.4. The number of piperidine rings is 1. The zero-order valence-electron chi connectivity index (χ0n) is 10.6. The van der Waals surface area contributed by atoms with E-state index >= 15 is 0 Å². The van der Waals surface area contributed by atoms with E-state index in [1.165, 1.54) is 19.3 Å². The van der Waals surface area contributed by atoms with Gasteiger partial charge in [0.05, 0.1) is 0 Å². The lowest BCUT2D eigenvalue weighted by Crippen LogP contribution is -2.52. The highest BCUT2D eigenvalue weighted by Crippen LogP contribution is 2.12. The minimum Gasteiger partial charge on any atom is -0.480 e. The van der Waals surface area contributed by atoms with Gasteiger partial charge in [-0.15, -0.1) is 0 Å². The molecule has 2 N–H and O–H groups in total. The molecule has 1 unspecified atom stereocenters. The topological polar surface area (TPSA) is 52.6 Å². The van der Waals surface area contributed by atoms with Crippen molar-refractivity contribution in [1.29, 1.82) is 0 Å². The highest BCUT2D eigenvalue weighted by atomic mass is 16.4. The first-order chi connectivity index (χ1) is 7.43. The van der Waals surface area contributed by atoms with Gasteiger partial charge in [-0.2, -0.15) is 0 Å². The van der Waals surface area contributed by atoms with Crippen LogP contribution in [0.1, 0.15) is 40.0 Å². The predicted octanol–water partition coefficient (Wildman–Crippen LogP) is 1.31. The molecule has 0 radical (unpaired) electrons. The molecule has 1 aliphatic heterocycles. The number of nitrogens with zero attached hydrogens (tertiary/aromatic N) is 1. The second-order valence-corrected chi connectivity index (χ2v) is 5.26. The van der Waals surface area contributed by atoms with Crippen molar-refractivity contribution in [2.75, 3.05) is 19.6 Å². The lowest BCUT2D eigenvalue weighted by Gasteiger charge is -2.34. The van der Waals surface area contributed by atoms with Crippen LogP contribution in [0.25, 0.3) is 0 Å². The van der Waals surface area contributed by atoms with E-state index in [1.54, 1.807) is 13.8 Å². The van der Waals surface area contributed by atoms with E-state index < -0.39 is 11.5 Å². The van der Waals surface area contributed by atoms with Gasteiger partial charge in [-0.25, -0.2) is 0 Å². The molecule has 0 spiro atoms. The molecule has 1 fully saturated rings. The lowest BCUT2D eigenvalue weighted by atomic mass is 10.0. The normalized spacial score (nSPS) is 20.7. The fraction of sp³-hybridized carbons (Fsp3) is 0.917. The Bertz CT molecular complexity index is 235. The summed E-state index contributed by atoms with van der Waals surface area (Å²) >= 11 is 0. The van der Waals surface area contributed by atoms with Crippen LogP contribution in [0.3, 0.4) is 0 Å². The first-order valence-corrected chi connectivity index (χ1v) is 6.16. The first kappa shape index (κ1) is 13.5. The van der Waals surface area contributed by atoms with E-state index in [2.05, 4.69) is 17.1 Å². The average molecular weight is 228 g/mol. The van der Waals surface area contributed by atoms with E-state index in [4.69, 9.17) is 5.11 Å². The number of carboxylic acids is 1. The number of aliphatic carboxylic acids is 1. The van der Waals surface area contributed by atoms with Crippen molar-refractivity contribution in [2.24, 2.45) is 0 Å². The highest BCUT2D eigenvalue weighted by molar-refractivity contribution is 5.77. The van der Waals surface area contributed by atoms with Gasteiger partial charge >= 0.3 is 5.97 Å². The minimum atomic E-state index is -0.829. The molecular formula is C12H24N2O2. The molecule has 16 heavy (non-hydrogen) atoms. The Hall–Kier alpha value is -0.610. The Kier molecular flexibility index (Phi) is 4.74. The summed E-state index contributed by atoms with van der Waals surface area (Å²) in [5.41, 5.74) is -0.829. The summed E-state index contributed by atoms with van der Waals surface area (Å²) in [5.74, 6) is -0.793. The highest BCUT2D eigenvalue weighted by Gasteiger charge is 2.27. The smallest absolute Gasteiger partial charge is 0.323 e. The third-order valence-corrected chi connectivity index (χ3v) is 3.39. The van der Waals surface area contributed by atoms with Crippen molar-refractivity contribution >= 4 is 5.97 Å². The Morgan fingerprint density at radius 3 is 2.44 bits per heavy atom. The van der Waals surface area contributed by atoms with Crippen molar-refractivity contribution in [3.8, 4) is 0 Å². The van der Waals surface area contributed by atoms with E-state index in [9.17, 15) is 4.79 Å². The molecule has 0 aromatic carbocycles. The van der Waals surface area contributed by atoms with Crippen LogP contribution in [0.15, 0.2) is 0 Å². The second-order valence-electron chi connectivity index (χ2n) is 5.26. The number of carbonyl (C=O) groups is 1. The maximum atomic E-state index is 10.9. The minimum absolute atomic E-state index is 0.416. The van der Waals surface area contributed by atoms with E-state index in [0.717, 1.165) is 19.6 Å². The van der Waals surface area contributed by atoms with Crippen LogP contribution in [0.2, 0.25) is 0 Å². The molecule has 4 nitrogen and oxygen atoms in total. The van der Waals surface area contributed by atoms with Gasteiger partial charge in [0.25, 0.3) is 0 Å². The van der Waals surface area contributed by atoms with Gasteiger partial charge in [0.2, 0.25) is 0 Å². The Balaban J connectivity index is 2.33. The molecule has 0 bridgehead atoms. The molecule has 1 atom stereocenters. The SMILES string of the molecule is CC(CNC(C)(C)C(=O)O)N1CCCCC1. The van der Waals surface area contributed by atoms with Gasteiger partial charge in [0.1, 0.15) is 5.54 Å². The summed E-state index contributed by atoms with van der Waals surface area (Å²) < 4.78 is 0. The van der Waals surface area contributed by atoms with Crippen molar-refractivity contribution in [3.05, 3.63) is 0 Å². The zero-order valence-corrected chi connectivity index (χ0v) is 10.6.